The van der Waals surface area contributed by atoms with Crippen LogP contribution in [0.3, 0.4) is 0 Å². The summed E-state index contributed by atoms with van der Waals surface area (Å²) in [5.74, 6) is 2.08. The van der Waals surface area contributed by atoms with E-state index in [9.17, 15) is 4.79 Å². The number of likely N-dealkylation sites (tertiary alicyclic amines) is 1. The third-order valence-corrected chi connectivity index (χ3v) is 6.12. The summed E-state index contributed by atoms with van der Waals surface area (Å²) < 4.78 is 11.2. The van der Waals surface area contributed by atoms with Crippen molar-refractivity contribution in [3.63, 3.8) is 0 Å². The van der Waals surface area contributed by atoms with Crippen LogP contribution < -0.4 is 10.1 Å². The van der Waals surface area contributed by atoms with Crippen molar-refractivity contribution in [2.24, 2.45) is 0 Å². The maximum Gasteiger partial charge on any atom is 0.257 e. The standard InChI is InChI=1S/C23H28N4O3/c1-15(2)30-20-8-16(7-18(9-20)17-3-4-17)10-24-22-25-11-19(12-26-22)21(28)27-6-5-23(27)13-29-14-23/h7-9,11-12,15,17H,3-6,10,13-14H2,1-2H3,(H,24,25,26). The SMILES string of the molecule is CC(C)Oc1cc(CNc2ncc(C(=O)N3CCC34COC4)cn2)cc(C2CC2)c1. The molecule has 0 atom stereocenters. The van der Waals surface area contributed by atoms with Gasteiger partial charge in [-0.3, -0.25) is 4.79 Å². The van der Waals surface area contributed by atoms with Gasteiger partial charge in [0.05, 0.1) is 30.4 Å². The number of aromatic nitrogens is 2. The van der Waals surface area contributed by atoms with E-state index in [0.29, 0.717) is 37.2 Å². The first kappa shape index (κ1) is 19.3. The Kier molecular flexibility index (Phi) is 4.85. The summed E-state index contributed by atoms with van der Waals surface area (Å²) >= 11 is 0. The van der Waals surface area contributed by atoms with Gasteiger partial charge in [0.25, 0.3) is 5.91 Å². The van der Waals surface area contributed by atoms with Crippen molar-refractivity contribution < 1.29 is 14.3 Å². The van der Waals surface area contributed by atoms with Crippen LogP contribution in [0.1, 0.15) is 60.5 Å². The molecule has 7 nitrogen and oxygen atoms in total. The Morgan fingerprint density at radius 2 is 2.03 bits per heavy atom. The Morgan fingerprint density at radius 1 is 1.27 bits per heavy atom. The van der Waals surface area contributed by atoms with Crippen LogP contribution in [0.5, 0.6) is 5.75 Å². The molecule has 0 radical (unpaired) electrons. The van der Waals surface area contributed by atoms with E-state index in [4.69, 9.17) is 9.47 Å². The van der Waals surface area contributed by atoms with Crippen molar-refractivity contribution in [1.29, 1.82) is 0 Å². The zero-order valence-corrected chi connectivity index (χ0v) is 17.6. The Bertz CT molecular complexity index is 930. The molecule has 158 valence electrons. The number of rotatable bonds is 7. The number of carbonyl (C=O) groups excluding carboxylic acids is 1. The van der Waals surface area contributed by atoms with Gasteiger partial charge in [0, 0.05) is 25.5 Å². The molecule has 1 N–H and O–H groups in total. The summed E-state index contributed by atoms with van der Waals surface area (Å²) in [6.07, 6.45) is 6.88. The highest BCUT2D eigenvalue weighted by atomic mass is 16.5. The minimum absolute atomic E-state index is 0.0105. The van der Waals surface area contributed by atoms with Crippen LogP contribution in [0, 0.1) is 0 Å². The van der Waals surface area contributed by atoms with Gasteiger partial charge in [0.1, 0.15) is 5.75 Å². The monoisotopic (exact) mass is 408 g/mol. The van der Waals surface area contributed by atoms with Crippen molar-refractivity contribution in [2.75, 3.05) is 25.1 Å². The molecule has 2 saturated heterocycles. The maximum atomic E-state index is 12.7. The van der Waals surface area contributed by atoms with Gasteiger partial charge in [0.15, 0.2) is 0 Å². The summed E-state index contributed by atoms with van der Waals surface area (Å²) in [6, 6.07) is 6.47. The minimum Gasteiger partial charge on any atom is -0.491 e. The highest BCUT2D eigenvalue weighted by molar-refractivity contribution is 5.95. The molecule has 1 aliphatic carbocycles. The minimum atomic E-state index is -0.0731. The van der Waals surface area contributed by atoms with E-state index in [0.717, 1.165) is 24.3 Å². The van der Waals surface area contributed by atoms with Crippen LogP contribution in [0.15, 0.2) is 30.6 Å². The highest BCUT2D eigenvalue weighted by Gasteiger charge is 2.53. The second kappa shape index (κ2) is 7.54. The molecule has 2 aliphatic heterocycles. The first-order valence-corrected chi connectivity index (χ1v) is 10.8. The zero-order valence-electron chi connectivity index (χ0n) is 17.6. The van der Waals surface area contributed by atoms with Crippen LogP contribution in [-0.2, 0) is 11.3 Å². The third kappa shape index (κ3) is 3.74. The summed E-state index contributed by atoms with van der Waals surface area (Å²) in [7, 11) is 0. The van der Waals surface area contributed by atoms with Crippen molar-refractivity contribution in [3.05, 3.63) is 47.3 Å². The summed E-state index contributed by atoms with van der Waals surface area (Å²) in [5.41, 5.74) is 2.94. The molecule has 3 fully saturated rings. The van der Waals surface area contributed by atoms with Crippen molar-refractivity contribution in [1.82, 2.24) is 14.9 Å². The first-order valence-electron chi connectivity index (χ1n) is 10.8. The molecule has 7 heteroatoms. The van der Waals surface area contributed by atoms with Gasteiger partial charge in [-0.1, -0.05) is 6.07 Å². The number of nitrogens with zero attached hydrogens (tertiary/aromatic N) is 3. The van der Waals surface area contributed by atoms with E-state index >= 15 is 0 Å². The molecular weight excluding hydrogens is 380 g/mol. The molecule has 2 aromatic rings. The molecule has 0 bridgehead atoms. The largest absolute Gasteiger partial charge is 0.491 e. The average Bonchev–Trinajstić information content (AvgIpc) is 3.49. The summed E-state index contributed by atoms with van der Waals surface area (Å²) in [6.45, 7) is 6.75. The van der Waals surface area contributed by atoms with Crippen LogP contribution in [-0.4, -0.2) is 52.2 Å². The fourth-order valence-electron chi connectivity index (χ4n) is 4.14. The average molecular weight is 409 g/mol. The molecule has 1 aromatic carbocycles. The van der Waals surface area contributed by atoms with E-state index in [1.54, 1.807) is 12.4 Å². The number of amides is 1. The number of hydrogen-bond acceptors (Lipinski definition) is 6. The van der Waals surface area contributed by atoms with Gasteiger partial charge in [-0.15, -0.1) is 0 Å². The molecule has 5 rings (SSSR count). The lowest BCUT2D eigenvalue weighted by Crippen LogP contribution is -2.72. The third-order valence-electron chi connectivity index (χ3n) is 6.12. The lowest BCUT2D eigenvalue weighted by molar-refractivity contribution is -0.172. The maximum absolute atomic E-state index is 12.7. The number of anilines is 1. The van der Waals surface area contributed by atoms with E-state index < -0.39 is 0 Å². The smallest absolute Gasteiger partial charge is 0.257 e. The Balaban J connectivity index is 1.23. The van der Waals surface area contributed by atoms with E-state index in [1.165, 1.54) is 18.4 Å². The summed E-state index contributed by atoms with van der Waals surface area (Å²) in [4.78, 5) is 23.3. The number of carbonyl (C=O) groups is 1. The molecule has 1 saturated carbocycles. The molecule has 3 aliphatic rings. The van der Waals surface area contributed by atoms with Crippen LogP contribution in [0.4, 0.5) is 5.95 Å². The quantitative estimate of drug-likeness (QED) is 0.757. The van der Waals surface area contributed by atoms with Crippen molar-refractivity contribution in [2.45, 2.75) is 57.2 Å². The van der Waals surface area contributed by atoms with E-state index in [1.807, 2.05) is 18.7 Å². The van der Waals surface area contributed by atoms with Gasteiger partial charge in [0.2, 0.25) is 5.95 Å². The fraction of sp³-hybridized carbons (Fsp3) is 0.522. The molecule has 1 spiro atoms. The second-order valence-corrected chi connectivity index (χ2v) is 8.92. The number of benzene rings is 1. The van der Waals surface area contributed by atoms with Gasteiger partial charge in [-0.25, -0.2) is 9.97 Å². The van der Waals surface area contributed by atoms with Crippen molar-refractivity contribution >= 4 is 11.9 Å². The highest BCUT2D eigenvalue weighted by Crippen LogP contribution is 2.42. The van der Waals surface area contributed by atoms with Crippen LogP contribution in [0.2, 0.25) is 0 Å². The molecular formula is C23H28N4O3. The Labute approximate surface area is 176 Å². The van der Waals surface area contributed by atoms with Gasteiger partial charge in [-0.05, 0) is 62.3 Å². The summed E-state index contributed by atoms with van der Waals surface area (Å²) in [5, 5.41) is 3.27. The normalized spacial score (nSPS) is 19.4. The number of nitrogens with one attached hydrogen (secondary N) is 1. The van der Waals surface area contributed by atoms with Gasteiger partial charge in [-0.2, -0.15) is 0 Å². The molecule has 1 amide bonds. The van der Waals surface area contributed by atoms with Crippen LogP contribution in [0.25, 0.3) is 0 Å². The fourth-order valence-corrected chi connectivity index (χ4v) is 4.14. The van der Waals surface area contributed by atoms with Gasteiger partial charge < -0.3 is 19.7 Å². The lowest BCUT2D eigenvalue weighted by atomic mass is 9.82. The lowest BCUT2D eigenvalue weighted by Gasteiger charge is -2.57. The zero-order chi connectivity index (χ0) is 20.7. The van der Waals surface area contributed by atoms with Crippen LogP contribution >= 0.6 is 0 Å². The van der Waals surface area contributed by atoms with E-state index in [-0.39, 0.29) is 17.6 Å². The van der Waals surface area contributed by atoms with Gasteiger partial charge >= 0.3 is 0 Å². The predicted molar refractivity (Wildman–Crippen MR) is 113 cm³/mol. The van der Waals surface area contributed by atoms with Crippen molar-refractivity contribution in [3.8, 4) is 5.75 Å². The Morgan fingerprint density at radius 3 is 2.60 bits per heavy atom. The van der Waals surface area contributed by atoms with E-state index in [2.05, 4.69) is 33.5 Å². The molecule has 3 heterocycles. The molecule has 30 heavy (non-hydrogen) atoms. The number of hydrogen-bond donors (Lipinski definition) is 1. The second-order valence-electron chi connectivity index (χ2n) is 8.92. The topological polar surface area (TPSA) is 76.6 Å². The predicted octanol–water partition coefficient (Wildman–Crippen LogP) is 3.37. The first-order chi connectivity index (χ1) is 14.5. The molecule has 1 aromatic heterocycles. The Hall–Kier alpha value is -2.67. The number of ether oxygens (including phenoxy) is 2. The molecule has 0 unspecified atom stereocenters.